The maximum Gasteiger partial charge on any atom is 0.255 e. The molecule has 2 N–H and O–H groups in total. The molecule has 3 aliphatic heterocycles. The van der Waals surface area contributed by atoms with E-state index in [-0.39, 0.29) is 49.3 Å². The number of hydrogen-bond acceptors (Lipinski definition) is 6. The lowest BCUT2D eigenvalue weighted by Crippen LogP contribution is -2.52. The summed E-state index contributed by atoms with van der Waals surface area (Å²) < 4.78 is 21.2. The third kappa shape index (κ3) is 4.85. The second-order valence-corrected chi connectivity index (χ2v) is 9.93. The summed E-state index contributed by atoms with van der Waals surface area (Å²) in [5.74, 6) is -1.22. The Bertz CT molecular complexity index is 1190. The number of ether oxygens (including phenoxy) is 1. The lowest BCUT2D eigenvalue weighted by Gasteiger charge is -2.35. The minimum absolute atomic E-state index is 0.115. The van der Waals surface area contributed by atoms with Gasteiger partial charge in [-0.05, 0) is 32.4 Å². The molecule has 9 heteroatoms. The highest BCUT2D eigenvalue weighted by Gasteiger charge is 2.39. The standard InChI is InChI=1S/C27H31FN4O4/c1-16-12-31(13-17(2)36-16)14-19-6-3-5-18(25(19)28)11-29-22-8-4-7-20-21(22)15-32(27(20)35)23-9-10-24(33)30-26(23)34/h3-8,16-17,23,29H,9-15H2,1-2H3,(H,30,33,34). The van der Waals surface area contributed by atoms with Crippen LogP contribution in [0.3, 0.4) is 0 Å². The molecule has 0 bridgehead atoms. The monoisotopic (exact) mass is 494 g/mol. The highest BCUT2D eigenvalue weighted by atomic mass is 19.1. The Labute approximate surface area is 209 Å². The van der Waals surface area contributed by atoms with E-state index in [0.29, 0.717) is 29.7 Å². The third-order valence-corrected chi connectivity index (χ3v) is 7.10. The summed E-state index contributed by atoms with van der Waals surface area (Å²) in [5.41, 5.74) is 3.23. The lowest BCUT2D eigenvalue weighted by atomic mass is 10.0. The fourth-order valence-electron chi connectivity index (χ4n) is 5.49. The fraction of sp³-hybridized carbons (Fsp3) is 0.444. The van der Waals surface area contributed by atoms with Crippen LogP contribution in [0.25, 0.3) is 0 Å². The highest BCUT2D eigenvalue weighted by Crippen LogP contribution is 2.32. The van der Waals surface area contributed by atoms with Gasteiger partial charge in [0.2, 0.25) is 11.8 Å². The number of piperidine rings is 1. The number of nitrogens with one attached hydrogen (secondary N) is 2. The Kier molecular flexibility index (Phi) is 6.77. The summed E-state index contributed by atoms with van der Waals surface area (Å²) in [6.45, 7) is 6.64. The molecule has 3 heterocycles. The number of amides is 3. The number of anilines is 1. The molecule has 3 amide bonds. The molecule has 3 unspecified atom stereocenters. The molecule has 0 spiro atoms. The van der Waals surface area contributed by atoms with E-state index in [9.17, 15) is 14.4 Å². The molecule has 3 atom stereocenters. The van der Waals surface area contributed by atoms with Crippen LogP contribution < -0.4 is 10.6 Å². The van der Waals surface area contributed by atoms with Gasteiger partial charge in [-0.2, -0.15) is 0 Å². The van der Waals surface area contributed by atoms with E-state index in [4.69, 9.17) is 4.74 Å². The van der Waals surface area contributed by atoms with Crippen LogP contribution in [0.15, 0.2) is 36.4 Å². The van der Waals surface area contributed by atoms with Gasteiger partial charge in [0.25, 0.3) is 5.91 Å². The average Bonchev–Trinajstić information content (AvgIpc) is 3.16. The first-order valence-electron chi connectivity index (χ1n) is 12.4. The van der Waals surface area contributed by atoms with Crippen molar-refractivity contribution in [3.63, 3.8) is 0 Å². The molecule has 3 aliphatic rings. The van der Waals surface area contributed by atoms with Gasteiger partial charge in [-0.15, -0.1) is 0 Å². The van der Waals surface area contributed by atoms with Crippen molar-refractivity contribution in [2.24, 2.45) is 0 Å². The topological polar surface area (TPSA) is 91.0 Å². The van der Waals surface area contributed by atoms with Crippen LogP contribution in [0.1, 0.15) is 53.7 Å². The third-order valence-electron chi connectivity index (χ3n) is 7.10. The number of benzene rings is 2. The van der Waals surface area contributed by atoms with E-state index in [1.807, 2.05) is 32.0 Å². The number of morpholine rings is 1. The Morgan fingerprint density at radius 1 is 1.06 bits per heavy atom. The molecule has 8 nitrogen and oxygen atoms in total. The van der Waals surface area contributed by atoms with Gasteiger partial charge in [0, 0.05) is 67.1 Å². The minimum Gasteiger partial charge on any atom is -0.381 e. The molecule has 2 aromatic rings. The molecular weight excluding hydrogens is 463 g/mol. The van der Waals surface area contributed by atoms with Gasteiger partial charge in [-0.25, -0.2) is 4.39 Å². The molecule has 2 fully saturated rings. The molecule has 5 rings (SSSR count). The van der Waals surface area contributed by atoms with Crippen LogP contribution in [0.2, 0.25) is 0 Å². The molecule has 2 aromatic carbocycles. The van der Waals surface area contributed by atoms with Gasteiger partial charge in [-0.3, -0.25) is 24.6 Å². The largest absolute Gasteiger partial charge is 0.381 e. The first-order chi connectivity index (χ1) is 17.3. The number of nitrogens with zero attached hydrogens (tertiary/aromatic N) is 2. The first-order valence-corrected chi connectivity index (χ1v) is 12.4. The van der Waals surface area contributed by atoms with Gasteiger partial charge >= 0.3 is 0 Å². The summed E-state index contributed by atoms with van der Waals surface area (Å²) >= 11 is 0. The van der Waals surface area contributed by atoms with Crippen molar-refractivity contribution in [3.8, 4) is 0 Å². The van der Waals surface area contributed by atoms with Gasteiger partial charge < -0.3 is 15.0 Å². The zero-order valence-corrected chi connectivity index (χ0v) is 20.6. The summed E-state index contributed by atoms with van der Waals surface area (Å²) in [6.07, 6.45) is 0.749. The predicted molar refractivity (Wildman–Crippen MR) is 131 cm³/mol. The molecule has 0 radical (unpaired) electrons. The first kappa shape index (κ1) is 24.4. The van der Waals surface area contributed by atoms with Gasteiger partial charge in [0.1, 0.15) is 11.9 Å². The molecular formula is C27H31FN4O4. The smallest absolute Gasteiger partial charge is 0.255 e. The summed E-state index contributed by atoms with van der Waals surface area (Å²) in [5, 5.41) is 5.62. The quantitative estimate of drug-likeness (QED) is 0.601. The van der Waals surface area contributed by atoms with Crippen LogP contribution in [0.4, 0.5) is 10.1 Å². The van der Waals surface area contributed by atoms with Crippen molar-refractivity contribution in [2.75, 3.05) is 18.4 Å². The summed E-state index contributed by atoms with van der Waals surface area (Å²) in [4.78, 5) is 40.6. The molecule has 2 saturated heterocycles. The average molecular weight is 495 g/mol. The Balaban J connectivity index is 1.29. The highest BCUT2D eigenvalue weighted by molar-refractivity contribution is 6.06. The minimum atomic E-state index is -0.671. The molecule has 190 valence electrons. The van der Waals surface area contributed by atoms with Crippen molar-refractivity contribution in [3.05, 3.63) is 64.5 Å². The van der Waals surface area contributed by atoms with Crippen molar-refractivity contribution in [2.45, 2.75) is 64.6 Å². The number of fused-ring (bicyclic) bond motifs is 1. The Morgan fingerprint density at radius 2 is 1.78 bits per heavy atom. The molecule has 0 aliphatic carbocycles. The number of halogens is 1. The number of rotatable bonds is 6. The van der Waals surface area contributed by atoms with Crippen LogP contribution in [-0.4, -0.2) is 58.9 Å². The van der Waals surface area contributed by atoms with Crippen LogP contribution in [0, 0.1) is 5.82 Å². The van der Waals surface area contributed by atoms with Crippen LogP contribution in [0.5, 0.6) is 0 Å². The zero-order valence-electron chi connectivity index (χ0n) is 20.6. The van der Waals surface area contributed by atoms with Crippen molar-refractivity contribution in [1.29, 1.82) is 0 Å². The van der Waals surface area contributed by atoms with E-state index in [2.05, 4.69) is 15.5 Å². The van der Waals surface area contributed by atoms with Gasteiger partial charge in [0.15, 0.2) is 0 Å². The lowest BCUT2D eigenvalue weighted by molar-refractivity contribution is -0.136. The number of imide groups is 1. The number of hydrogen-bond donors (Lipinski definition) is 2. The van der Waals surface area contributed by atoms with E-state index in [0.717, 1.165) is 24.3 Å². The van der Waals surface area contributed by atoms with Crippen LogP contribution in [-0.2, 0) is 34.0 Å². The molecule has 36 heavy (non-hydrogen) atoms. The normalized spacial score (nSPS) is 24.6. The van der Waals surface area contributed by atoms with Gasteiger partial charge in [0.05, 0.1) is 12.2 Å². The van der Waals surface area contributed by atoms with E-state index in [1.165, 1.54) is 4.90 Å². The van der Waals surface area contributed by atoms with Gasteiger partial charge in [-0.1, -0.05) is 24.3 Å². The van der Waals surface area contributed by atoms with Crippen molar-refractivity contribution < 1.29 is 23.5 Å². The maximum atomic E-state index is 15.4. The SMILES string of the molecule is CC1CN(Cc2cccc(CNc3cccc4c3CN(C3CCC(=O)NC3=O)C4=O)c2F)CC(C)O1. The molecule has 0 saturated carbocycles. The Hall–Kier alpha value is -3.30. The second kappa shape index (κ2) is 9.99. The Morgan fingerprint density at radius 3 is 2.53 bits per heavy atom. The summed E-state index contributed by atoms with van der Waals surface area (Å²) in [7, 11) is 0. The van der Waals surface area contributed by atoms with Crippen molar-refractivity contribution in [1.82, 2.24) is 15.1 Å². The van der Waals surface area contributed by atoms with Crippen LogP contribution >= 0.6 is 0 Å². The number of carbonyl (C=O) groups is 3. The predicted octanol–water partition coefficient (Wildman–Crippen LogP) is 2.81. The van der Waals surface area contributed by atoms with Crippen molar-refractivity contribution >= 4 is 23.4 Å². The fourth-order valence-corrected chi connectivity index (χ4v) is 5.49. The maximum absolute atomic E-state index is 15.4. The zero-order chi connectivity index (χ0) is 25.4. The number of carbonyl (C=O) groups excluding carboxylic acids is 3. The molecule has 0 aromatic heterocycles. The second-order valence-electron chi connectivity index (χ2n) is 9.93. The van der Waals surface area contributed by atoms with E-state index in [1.54, 1.807) is 18.2 Å². The van der Waals surface area contributed by atoms with E-state index < -0.39 is 11.9 Å². The van der Waals surface area contributed by atoms with E-state index >= 15 is 4.39 Å². The summed E-state index contributed by atoms with van der Waals surface area (Å²) in [6, 6.07) is 10.2.